The summed E-state index contributed by atoms with van der Waals surface area (Å²) in [6.07, 6.45) is 5.61. The van der Waals surface area contributed by atoms with Crippen molar-refractivity contribution >= 4 is 0 Å². The quantitative estimate of drug-likeness (QED) is 0.788. The molecule has 94 valence electrons. The Morgan fingerprint density at radius 3 is 2.81 bits per heavy atom. The molecule has 0 amide bonds. The van der Waals surface area contributed by atoms with Crippen molar-refractivity contribution in [2.75, 3.05) is 26.2 Å². The van der Waals surface area contributed by atoms with E-state index in [9.17, 15) is 0 Å². The predicted octanol–water partition coefficient (Wildman–Crippen LogP) is 1.63. The summed E-state index contributed by atoms with van der Waals surface area (Å²) in [6, 6.07) is 1.38. The minimum atomic E-state index is 0.474. The molecule has 2 saturated heterocycles. The third-order valence-corrected chi connectivity index (χ3v) is 3.86. The molecular formula is C13H26N2O. The van der Waals surface area contributed by atoms with Crippen LogP contribution in [0.5, 0.6) is 0 Å². The maximum Gasteiger partial charge on any atom is 0.0699 e. The van der Waals surface area contributed by atoms with Crippen LogP contribution >= 0.6 is 0 Å². The number of nitrogens with one attached hydrogen (secondary N) is 1. The Bertz CT molecular complexity index is 202. The average Bonchev–Trinajstić information content (AvgIpc) is 2.76. The Morgan fingerprint density at radius 2 is 2.19 bits per heavy atom. The maximum absolute atomic E-state index is 5.74. The summed E-state index contributed by atoms with van der Waals surface area (Å²) >= 11 is 0. The van der Waals surface area contributed by atoms with E-state index in [2.05, 4.69) is 24.1 Å². The lowest BCUT2D eigenvalue weighted by Crippen LogP contribution is -2.40. The van der Waals surface area contributed by atoms with E-state index in [1.165, 1.54) is 38.8 Å². The monoisotopic (exact) mass is 226 g/mol. The van der Waals surface area contributed by atoms with Gasteiger partial charge in [0.1, 0.15) is 0 Å². The number of hydrogen-bond acceptors (Lipinski definition) is 3. The van der Waals surface area contributed by atoms with Gasteiger partial charge in [-0.15, -0.1) is 0 Å². The maximum atomic E-state index is 5.74. The first kappa shape index (κ1) is 12.3. The number of hydrogen-bond donors (Lipinski definition) is 1. The normalized spacial score (nSPS) is 32.4. The molecule has 2 fully saturated rings. The Labute approximate surface area is 99.5 Å². The summed E-state index contributed by atoms with van der Waals surface area (Å²) in [7, 11) is 0. The standard InChI is InChI=1S/C13H26N2O/c1-11(2)15-7-6-12(10-15)14-9-13-5-3-4-8-16-13/h11-14H,3-10H2,1-2H3. The summed E-state index contributed by atoms with van der Waals surface area (Å²) in [5.74, 6) is 0. The van der Waals surface area contributed by atoms with Crippen molar-refractivity contribution < 1.29 is 4.74 Å². The van der Waals surface area contributed by atoms with Gasteiger partial charge in [-0.05, 0) is 46.1 Å². The molecule has 2 heterocycles. The average molecular weight is 226 g/mol. The van der Waals surface area contributed by atoms with Gasteiger partial charge in [0.15, 0.2) is 0 Å². The zero-order valence-electron chi connectivity index (χ0n) is 10.7. The first-order valence-corrected chi connectivity index (χ1v) is 6.84. The first-order valence-electron chi connectivity index (χ1n) is 6.84. The van der Waals surface area contributed by atoms with Crippen molar-refractivity contribution in [1.82, 2.24) is 10.2 Å². The van der Waals surface area contributed by atoms with Gasteiger partial charge in [-0.25, -0.2) is 0 Å². The SMILES string of the molecule is CC(C)N1CCC(NCC2CCCCO2)C1. The third kappa shape index (κ3) is 3.44. The van der Waals surface area contributed by atoms with E-state index < -0.39 is 0 Å². The molecule has 0 aromatic rings. The molecule has 3 heteroatoms. The van der Waals surface area contributed by atoms with Gasteiger partial charge in [0.25, 0.3) is 0 Å². The molecule has 0 aromatic carbocycles. The highest BCUT2D eigenvalue weighted by molar-refractivity contribution is 4.83. The topological polar surface area (TPSA) is 24.5 Å². The Morgan fingerprint density at radius 1 is 1.31 bits per heavy atom. The Kier molecular flexibility index (Phi) is 4.62. The zero-order valence-corrected chi connectivity index (χ0v) is 10.7. The Balaban J connectivity index is 1.63. The van der Waals surface area contributed by atoms with Gasteiger partial charge < -0.3 is 10.1 Å². The van der Waals surface area contributed by atoms with Crippen LogP contribution in [0.1, 0.15) is 39.5 Å². The molecule has 0 spiro atoms. The fraction of sp³-hybridized carbons (Fsp3) is 1.00. The van der Waals surface area contributed by atoms with Gasteiger partial charge in [0.05, 0.1) is 6.10 Å². The second-order valence-electron chi connectivity index (χ2n) is 5.47. The molecule has 0 saturated carbocycles. The summed E-state index contributed by atoms with van der Waals surface area (Å²) in [6.45, 7) is 9.05. The number of ether oxygens (including phenoxy) is 1. The lowest BCUT2D eigenvalue weighted by atomic mass is 10.1. The molecule has 0 aromatic heterocycles. The van der Waals surface area contributed by atoms with Crippen LogP contribution in [0, 0.1) is 0 Å². The van der Waals surface area contributed by atoms with Gasteiger partial charge >= 0.3 is 0 Å². The van der Waals surface area contributed by atoms with E-state index >= 15 is 0 Å². The van der Waals surface area contributed by atoms with Crippen molar-refractivity contribution in [3.63, 3.8) is 0 Å². The first-order chi connectivity index (χ1) is 7.75. The molecule has 2 aliphatic heterocycles. The number of nitrogens with zero attached hydrogens (tertiary/aromatic N) is 1. The van der Waals surface area contributed by atoms with Crippen LogP contribution in [-0.4, -0.2) is 49.3 Å². The van der Waals surface area contributed by atoms with Crippen molar-refractivity contribution in [1.29, 1.82) is 0 Å². The van der Waals surface area contributed by atoms with E-state index in [-0.39, 0.29) is 0 Å². The molecule has 16 heavy (non-hydrogen) atoms. The fourth-order valence-electron chi connectivity index (χ4n) is 2.69. The van der Waals surface area contributed by atoms with Crippen molar-refractivity contribution in [2.24, 2.45) is 0 Å². The summed E-state index contributed by atoms with van der Waals surface area (Å²) in [5, 5.41) is 3.67. The highest BCUT2D eigenvalue weighted by Gasteiger charge is 2.24. The zero-order chi connectivity index (χ0) is 11.4. The van der Waals surface area contributed by atoms with Crippen LogP contribution in [-0.2, 0) is 4.74 Å². The van der Waals surface area contributed by atoms with E-state index in [0.29, 0.717) is 18.2 Å². The molecule has 3 nitrogen and oxygen atoms in total. The second-order valence-corrected chi connectivity index (χ2v) is 5.47. The fourth-order valence-corrected chi connectivity index (χ4v) is 2.69. The van der Waals surface area contributed by atoms with Crippen LogP contribution in [0.25, 0.3) is 0 Å². The molecule has 2 unspecified atom stereocenters. The highest BCUT2D eigenvalue weighted by Crippen LogP contribution is 2.15. The minimum absolute atomic E-state index is 0.474. The van der Waals surface area contributed by atoms with E-state index in [0.717, 1.165) is 13.2 Å². The van der Waals surface area contributed by atoms with Gasteiger partial charge in [-0.2, -0.15) is 0 Å². The predicted molar refractivity (Wildman–Crippen MR) is 66.7 cm³/mol. The van der Waals surface area contributed by atoms with Crippen LogP contribution in [0.2, 0.25) is 0 Å². The van der Waals surface area contributed by atoms with Gasteiger partial charge in [-0.3, -0.25) is 4.90 Å². The summed E-state index contributed by atoms with van der Waals surface area (Å²) < 4.78 is 5.74. The highest BCUT2D eigenvalue weighted by atomic mass is 16.5. The van der Waals surface area contributed by atoms with Gasteiger partial charge in [0.2, 0.25) is 0 Å². The van der Waals surface area contributed by atoms with E-state index in [1.807, 2.05) is 0 Å². The van der Waals surface area contributed by atoms with Crippen LogP contribution in [0.15, 0.2) is 0 Å². The van der Waals surface area contributed by atoms with E-state index in [4.69, 9.17) is 4.74 Å². The molecule has 2 rings (SSSR count). The summed E-state index contributed by atoms with van der Waals surface area (Å²) in [5.41, 5.74) is 0. The van der Waals surface area contributed by atoms with Gasteiger partial charge in [-0.1, -0.05) is 0 Å². The van der Waals surface area contributed by atoms with Crippen molar-refractivity contribution in [2.45, 2.75) is 57.7 Å². The molecule has 2 atom stereocenters. The largest absolute Gasteiger partial charge is 0.377 e. The molecule has 2 aliphatic rings. The van der Waals surface area contributed by atoms with Gasteiger partial charge in [0, 0.05) is 31.8 Å². The number of likely N-dealkylation sites (tertiary alicyclic amines) is 1. The molecule has 0 bridgehead atoms. The third-order valence-electron chi connectivity index (χ3n) is 3.86. The Hall–Kier alpha value is -0.120. The lowest BCUT2D eigenvalue weighted by molar-refractivity contribution is 0.0155. The van der Waals surface area contributed by atoms with E-state index in [1.54, 1.807) is 0 Å². The summed E-state index contributed by atoms with van der Waals surface area (Å²) in [4.78, 5) is 2.55. The van der Waals surface area contributed by atoms with Crippen molar-refractivity contribution in [3.8, 4) is 0 Å². The number of rotatable bonds is 4. The van der Waals surface area contributed by atoms with Crippen LogP contribution in [0.4, 0.5) is 0 Å². The smallest absolute Gasteiger partial charge is 0.0699 e. The lowest BCUT2D eigenvalue weighted by Gasteiger charge is -2.25. The molecular weight excluding hydrogens is 200 g/mol. The van der Waals surface area contributed by atoms with Crippen molar-refractivity contribution in [3.05, 3.63) is 0 Å². The molecule has 1 N–H and O–H groups in total. The minimum Gasteiger partial charge on any atom is -0.377 e. The molecule has 0 aliphatic carbocycles. The molecule has 0 radical (unpaired) electrons. The van der Waals surface area contributed by atoms with Crippen LogP contribution < -0.4 is 5.32 Å². The second kappa shape index (κ2) is 5.99. The van der Waals surface area contributed by atoms with Crippen LogP contribution in [0.3, 0.4) is 0 Å².